The van der Waals surface area contributed by atoms with E-state index in [1.54, 1.807) is 5.06 Å². The third-order valence-electron chi connectivity index (χ3n) is 1.42. The van der Waals surface area contributed by atoms with Crippen molar-refractivity contribution in [1.82, 2.24) is 15.7 Å². The van der Waals surface area contributed by atoms with E-state index in [1.165, 1.54) is 0 Å². The van der Waals surface area contributed by atoms with Crippen molar-refractivity contribution in [2.45, 2.75) is 13.1 Å². The lowest BCUT2D eigenvalue weighted by Crippen LogP contribution is -2.57. The Balaban J connectivity index is 2.18. The van der Waals surface area contributed by atoms with Crippen LogP contribution < -0.4 is 10.6 Å². The van der Waals surface area contributed by atoms with E-state index in [9.17, 15) is 4.79 Å². The summed E-state index contributed by atoms with van der Waals surface area (Å²) >= 11 is 0. The fourth-order valence-corrected chi connectivity index (χ4v) is 0.898. The predicted octanol–water partition coefficient (Wildman–Crippen LogP) is -1.13. The van der Waals surface area contributed by atoms with Crippen molar-refractivity contribution < 1.29 is 9.63 Å². The minimum atomic E-state index is -0.230. The van der Waals surface area contributed by atoms with Gasteiger partial charge < -0.3 is 4.79 Å². The maximum Gasteiger partial charge on any atom is 0.151 e. The van der Waals surface area contributed by atoms with Crippen molar-refractivity contribution in [3.63, 3.8) is 0 Å². The number of carbonyl (C=O) groups excluding carboxylic acids is 1. The molecular formula is C6H13N3O2. The van der Waals surface area contributed by atoms with Crippen molar-refractivity contribution in [3.8, 4) is 0 Å². The van der Waals surface area contributed by atoms with E-state index in [0.29, 0.717) is 19.9 Å². The zero-order valence-corrected chi connectivity index (χ0v) is 6.54. The quantitative estimate of drug-likeness (QED) is 0.510. The van der Waals surface area contributed by atoms with Crippen molar-refractivity contribution in [1.29, 1.82) is 0 Å². The van der Waals surface area contributed by atoms with E-state index in [2.05, 4.69) is 10.6 Å². The monoisotopic (exact) mass is 159 g/mol. The summed E-state index contributed by atoms with van der Waals surface area (Å²) in [5, 5.41) is 7.57. The molecule has 64 valence electrons. The van der Waals surface area contributed by atoms with Crippen LogP contribution in [0.2, 0.25) is 0 Å². The van der Waals surface area contributed by atoms with Gasteiger partial charge in [0.2, 0.25) is 0 Å². The summed E-state index contributed by atoms with van der Waals surface area (Å²) in [4.78, 5) is 15.4. The Hall–Kier alpha value is -0.490. The van der Waals surface area contributed by atoms with Crippen molar-refractivity contribution in [2.24, 2.45) is 0 Å². The molecule has 0 saturated carbocycles. The first-order valence-electron chi connectivity index (χ1n) is 3.66. The highest BCUT2D eigenvalue weighted by Crippen LogP contribution is 1.91. The molecule has 5 nitrogen and oxygen atoms in total. The summed E-state index contributed by atoms with van der Waals surface area (Å²) in [6.45, 7) is 3.75. The third kappa shape index (κ3) is 2.55. The van der Waals surface area contributed by atoms with Gasteiger partial charge in [0, 0.05) is 0 Å². The Morgan fingerprint density at radius 2 is 2.27 bits per heavy atom. The number of aldehydes is 1. The lowest BCUT2D eigenvalue weighted by Gasteiger charge is -2.30. The molecule has 0 aliphatic carbocycles. The van der Waals surface area contributed by atoms with Crippen LogP contribution >= 0.6 is 0 Å². The van der Waals surface area contributed by atoms with Crippen molar-refractivity contribution in [3.05, 3.63) is 0 Å². The van der Waals surface area contributed by atoms with Gasteiger partial charge >= 0.3 is 0 Å². The summed E-state index contributed by atoms with van der Waals surface area (Å²) in [6, 6.07) is 0. The first-order valence-corrected chi connectivity index (χ1v) is 3.66. The summed E-state index contributed by atoms with van der Waals surface area (Å²) in [5.41, 5.74) is 0. The number of hydroxylamine groups is 2. The number of rotatable bonds is 3. The molecule has 1 heterocycles. The molecule has 1 saturated heterocycles. The van der Waals surface area contributed by atoms with E-state index < -0.39 is 0 Å². The first-order chi connectivity index (χ1) is 5.36. The van der Waals surface area contributed by atoms with Gasteiger partial charge in [-0.25, -0.2) is 0 Å². The average molecular weight is 159 g/mol. The fourth-order valence-electron chi connectivity index (χ4n) is 0.898. The van der Waals surface area contributed by atoms with Crippen LogP contribution in [0.4, 0.5) is 0 Å². The van der Waals surface area contributed by atoms with Crippen molar-refractivity contribution in [2.75, 3.05) is 19.9 Å². The average Bonchev–Trinajstić information content (AvgIpc) is 2.07. The molecule has 1 rings (SSSR count). The van der Waals surface area contributed by atoms with E-state index in [-0.39, 0.29) is 6.17 Å². The molecule has 0 radical (unpaired) electrons. The van der Waals surface area contributed by atoms with Crippen LogP contribution in [0.25, 0.3) is 0 Å². The molecular weight excluding hydrogens is 146 g/mol. The molecule has 0 aromatic carbocycles. The van der Waals surface area contributed by atoms with Gasteiger partial charge in [-0.1, -0.05) is 0 Å². The Kier molecular flexibility index (Phi) is 3.44. The highest BCUT2D eigenvalue weighted by molar-refractivity contribution is 5.56. The normalized spacial score (nSPS) is 21.9. The lowest BCUT2D eigenvalue weighted by atomic mass is 10.5. The molecule has 1 fully saturated rings. The van der Waals surface area contributed by atoms with Gasteiger partial charge in [-0.3, -0.25) is 15.5 Å². The maximum absolute atomic E-state index is 10.2. The Bertz CT molecular complexity index is 123. The van der Waals surface area contributed by atoms with Crippen LogP contribution in [0, 0.1) is 0 Å². The minimum absolute atomic E-state index is 0.230. The van der Waals surface area contributed by atoms with Gasteiger partial charge in [-0.05, 0) is 6.92 Å². The molecule has 0 amide bonds. The van der Waals surface area contributed by atoms with Gasteiger partial charge in [-0.2, -0.15) is 5.06 Å². The van der Waals surface area contributed by atoms with Crippen LogP contribution in [0.15, 0.2) is 0 Å². The van der Waals surface area contributed by atoms with Crippen LogP contribution in [0.3, 0.4) is 0 Å². The summed E-state index contributed by atoms with van der Waals surface area (Å²) in [5.74, 6) is 0. The van der Waals surface area contributed by atoms with E-state index >= 15 is 0 Å². The summed E-state index contributed by atoms with van der Waals surface area (Å²) in [6.07, 6.45) is 0.607. The standard InChI is InChI=1S/C6H13N3O2/c1-2-11-9-4-7-6(3-10)8-5-9/h3,6-8H,2,4-5H2,1H3. The number of hydrogen-bond donors (Lipinski definition) is 2. The Morgan fingerprint density at radius 3 is 2.73 bits per heavy atom. The van der Waals surface area contributed by atoms with Crippen LogP contribution in [0.1, 0.15) is 6.92 Å². The van der Waals surface area contributed by atoms with Crippen LogP contribution in [0.5, 0.6) is 0 Å². The predicted molar refractivity (Wildman–Crippen MR) is 39.3 cm³/mol. The van der Waals surface area contributed by atoms with E-state index in [0.717, 1.165) is 6.29 Å². The van der Waals surface area contributed by atoms with Gasteiger partial charge in [0.1, 0.15) is 6.17 Å². The third-order valence-corrected chi connectivity index (χ3v) is 1.42. The smallest absolute Gasteiger partial charge is 0.151 e. The highest BCUT2D eigenvalue weighted by atomic mass is 16.7. The van der Waals surface area contributed by atoms with Gasteiger partial charge in [0.15, 0.2) is 6.29 Å². The zero-order valence-electron chi connectivity index (χ0n) is 6.54. The lowest BCUT2D eigenvalue weighted by molar-refractivity contribution is -0.179. The van der Waals surface area contributed by atoms with Crippen LogP contribution in [-0.4, -0.2) is 37.5 Å². The molecule has 1 aliphatic rings. The zero-order chi connectivity index (χ0) is 8.10. The van der Waals surface area contributed by atoms with Crippen molar-refractivity contribution >= 4 is 6.29 Å². The molecule has 11 heavy (non-hydrogen) atoms. The number of nitrogens with zero attached hydrogens (tertiary/aromatic N) is 1. The molecule has 2 N–H and O–H groups in total. The highest BCUT2D eigenvalue weighted by Gasteiger charge is 2.15. The minimum Gasteiger partial charge on any atom is -0.300 e. The fraction of sp³-hybridized carbons (Fsp3) is 0.833. The number of hydrogen-bond acceptors (Lipinski definition) is 5. The largest absolute Gasteiger partial charge is 0.300 e. The Labute approximate surface area is 65.6 Å². The van der Waals surface area contributed by atoms with Gasteiger partial charge in [0.05, 0.1) is 19.9 Å². The number of nitrogens with one attached hydrogen (secondary N) is 2. The first kappa shape index (κ1) is 8.61. The maximum atomic E-state index is 10.2. The second kappa shape index (κ2) is 4.40. The molecule has 0 aromatic heterocycles. The molecule has 1 aliphatic heterocycles. The summed E-state index contributed by atoms with van der Waals surface area (Å²) < 4.78 is 0. The topological polar surface area (TPSA) is 53.6 Å². The number of carbonyl (C=O) groups is 1. The molecule has 0 bridgehead atoms. The SMILES string of the molecule is CCON1CNC(C=O)NC1. The van der Waals surface area contributed by atoms with E-state index in [4.69, 9.17) is 4.84 Å². The molecule has 0 spiro atoms. The van der Waals surface area contributed by atoms with Gasteiger partial charge in [-0.15, -0.1) is 0 Å². The molecule has 5 heteroatoms. The molecule has 0 aromatic rings. The Morgan fingerprint density at radius 1 is 1.64 bits per heavy atom. The molecule has 0 unspecified atom stereocenters. The molecule has 0 atom stereocenters. The second-order valence-electron chi connectivity index (χ2n) is 2.24. The van der Waals surface area contributed by atoms with Crippen LogP contribution in [-0.2, 0) is 9.63 Å². The van der Waals surface area contributed by atoms with E-state index in [1.807, 2.05) is 6.92 Å². The van der Waals surface area contributed by atoms with Gasteiger partial charge in [0.25, 0.3) is 0 Å². The second-order valence-corrected chi connectivity index (χ2v) is 2.24. The summed E-state index contributed by atoms with van der Waals surface area (Å²) in [7, 11) is 0.